The fraction of sp³-hybridized carbons (Fsp3) is 1.00. The van der Waals surface area contributed by atoms with Crippen molar-refractivity contribution in [2.24, 2.45) is 5.41 Å². The van der Waals surface area contributed by atoms with E-state index in [1.54, 1.807) is 0 Å². The molecular weight excluding hydrogens is 234 g/mol. The number of likely N-dealkylation sites (N-methyl/N-ethyl adjacent to an activating group) is 1. The second kappa shape index (κ2) is 8.23. The highest BCUT2D eigenvalue weighted by Crippen LogP contribution is 2.25. The first-order valence-electron chi connectivity index (χ1n) is 8.14. The molecule has 1 heterocycles. The summed E-state index contributed by atoms with van der Waals surface area (Å²) in [7, 11) is 2.25. The van der Waals surface area contributed by atoms with Gasteiger partial charge in [-0.05, 0) is 38.8 Å². The van der Waals surface area contributed by atoms with Crippen LogP contribution < -0.4 is 5.32 Å². The molecule has 0 amide bonds. The Kier molecular flexibility index (Phi) is 7.33. The van der Waals surface area contributed by atoms with E-state index >= 15 is 0 Å². The molecule has 19 heavy (non-hydrogen) atoms. The van der Waals surface area contributed by atoms with Crippen molar-refractivity contribution in [3.8, 4) is 0 Å². The van der Waals surface area contributed by atoms with Gasteiger partial charge in [0.2, 0.25) is 0 Å². The molecule has 1 aliphatic rings. The van der Waals surface area contributed by atoms with Crippen LogP contribution in [0.25, 0.3) is 0 Å². The molecule has 1 aliphatic heterocycles. The van der Waals surface area contributed by atoms with Crippen molar-refractivity contribution in [1.29, 1.82) is 0 Å². The van der Waals surface area contributed by atoms with Crippen LogP contribution in [0, 0.1) is 5.41 Å². The fourth-order valence-corrected chi connectivity index (χ4v) is 3.20. The quantitative estimate of drug-likeness (QED) is 0.683. The molecule has 3 heteroatoms. The van der Waals surface area contributed by atoms with Crippen LogP contribution in [0.15, 0.2) is 0 Å². The Morgan fingerprint density at radius 2 is 1.95 bits per heavy atom. The fourth-order valence-electron chi connectivity index (χ4n) is 3.20. The molecular formula is C16H35N3. The SMILES string of the molecule is CCCNCC(C)(CCC)CN1CCN(C)C(C)C1. The van der Waals surface area contributed by atoms with E-state index < -0.39 is 0 Å². The highest BCUT2D eigenvalue weighted by molar-refractivity contribution is 4.85. The van der Waals surface area contributed by atoms with Crippen molar-refractivity contribution in [2.75, 3.05) is 46.3 Å². The van der Waals surface area contributed by atoms with Gasteiger partial charge in [0.05, 0.1) is 0 Å². The molecule has 1 rings (SSSR count). The van der Waals surface area contributed by atoms with Gasteiger partial charge in [-0.15, -0.1) is 0 Å². The molecule has 0 saturated carbocycles. The molecule has 0 aromatic rings. The average Bonchev–Trinajstić information content (AvgIpc) is 2.34. The summed E-state index contributed by atoms with van der Waals surface area (Å²) in [6, 6.07) is 0.697. The van der Waals surface area contributed by atoms with Crippen LogP contribution in [0.2, 0.25) is 0 Å². The lowest BCUT2D eigenvalue weighted by Gasteiger charge is -2.42. The number of nitrogens with zero attached hydrogens (tertiary/aromatic N) is 2. The third-order valence-electron chi connectivity index (χ3n) is 4.48. The van der Waals surface area contributed by atoms with E-state index in [-0.39, 0.29) is 0 Å². The molecule has 0 spiro atoms. The van der Waals surface area contributed by atoms with Crippen LogP contribution in [0.4, 0.5) is 0 Å². The van der Waals surface area contributed by atoms with Crippen LogP contribution in [-0.2, 0) is 0 Å². The van der Waals surface area contributed by atoms with Gasteiger partial charge < -0.3 is 10.2 Å². The third kappa shape index (κ3) is 5.80. The molecule has 0 aromatic carbocycles. The van der Waals surface area contributed by atoms with Crippen molar-refractivity contribution < 1.29 is 0 Å². The summed E-state index contributed by atoms with van der Waals surface area (Å²) < 4.78 is 0. The van der Waals surface area contributed by atoms with Crippen LogP contribution in [0.3, 0.4) is 0 Å². The van der Waals surface area contributed by atoms with Crippen molar-refractivity contribution in [1.82, 2.24) is 15.1 Å². The first-order valence-corrected chi connectivity index (χ1v) is 8.14. The van der Waals surface area contributed by atoms with Gasteiger partial charge in [0.15, 0.2) is 0 Å². The number of hydrogen-bond acceptors (Lipinski definition) is 3. The van der Waals surface area contributed by atoms with E-state index in [2.05, 4.69) is 49.9 Å². The molecule has 1 saturated heterocycles. The van der Waals surface area contributed by atoms with Crippen LogP contribution in [0.5, 0.6) is 0 Å². The van der Waals surface area contributed by atoms with Gasteiger partial charge in [0, 0.05) is 38.8 Å². The summed E-state index contributed by atoms with van der Waals surface area (Å²) in [6.07, 6.45) is 3.84. The van der Waals surface area contributed by atoms with Gasteiger partial charge in [-0.3, -0.25) is 4.90 Å². The molecule has 2 unspecified atom stereocenters. The molecule has 2 atom stereocenters. The number of piperazine rings is 1. The lowest BCUT2D eigenvalue weighted by Crippen LogP contribution is -2.53. The zero-order valence-electron chi connectivity index (χ0n) is 13.8. The van der Waals surface area contributed by atoms with E-state index in [4.69, 9.17) is 0 Å². The average molecular weight is 269 g/mol. The van der Waals surface area contributed by atoms with Gasteiger partial charge in [-0.25, -0.2) is 0 Å². The van der Waals surface area contributed by atoms with Crippen LogP contribution in [-0.4, -0.2) is 62.2 Å². The minimum absolute atomic E-state index is 0.430. The van der Waals surface area contributed by atoms with E-state index in [9.17, 15) is 0 Å². The van der Waals surface area contributed by atoms with Crippen molar-refractivity contribution >= 4 is 0 Å². The second-order valence-electron chi connectivity index (χ2n) is 6.80. The summed E-state index contributed by atoms with van der Waals surface area (Å²) in [6.45, 7) is 16.6. The predicted octanol–water partition coefficient (Wildman–Crippen LogP) is 2.43. The van der Waals surface area contributed by atoms with Gasteiger partial charge >= 0.3 is 0 Å². The summed E-state index contributed by atoms with van der Waals surface area (Å²) in [5.74, 6) is 0. The number of nitrogens with one attached hydrogen (secondary N) is 1. The highest BCUT2D eigenvalue weighted by Gasteiger charge is 2.29. The normalized spacial score (nSPS) is 25.4. The lowest BCUT2D eigenvalue weighted by atomic mass is 9.84. The Hall–Kier alpha value is -0.120. The highest BCUT2D eigenvalue weighted by atomic mass is 15.3. The minimum Gasteiger partial charge on any atom is -0.316 e. The smallest absolute Gasteiger partial charge is 0.0192 e. The summed E-state index contributed by atoms with van der Waals surface area (Å²) in [5, 5.41) is 3.63. The van der Waals surface area contributed by atoms with Crippen LogP contribution in [0.1, 0.15) is 47.0 Å². The minimum atomic E-state index is 0.430. The van der Waals surface area contributed by atoms with Crippen molar-refractivity contribution in [3.05, 3.63) is 0 Å². The Bertz CT molecular complexity index is 244. The molecule has 0 aliphatic carbocycles. The van der Waals surface area contributed by atoms with E-state index in [0.29, 0.717) is 11.5 Å². The van der Waals surface area contributed by atoms with Gasteiger partial charge in [0.1, 0.15) is 0 Å². The molecule has 114 valence electrons. The monoisotopic (exact) mass is 269 g/mol. The standard InChI is InChI=1S/C16H35N3/c1-6-8-16(4,13-17-9-7-2)14-19-11-10-18(5)15(3)12-19/h15,17H,6-14H2,1-5H3. The molecule has 0 radical (unpaired) electrons. The molecule has 3 nitrogen and oxygen atoms in total. The molecule has 1 N–H and O–H groups in total. The van der Waals surface area contributed by atoms with E-state index in [1.165, 1.54) is 45.4 Å². The zero-order chi connectivity index (χ0) is 14.3. The maximum Gasteiger partial charge on any atom is 0.0192 e. The van der Waals surface area contributed by atoms with Crippen molar-refractivity contribution in [2.45, 2.75) is 53.0 Å². The second-order valence-corrected chi connectivity index (χ2v) is 6.80. The van der Waals surface area contributed by atoms with E-state index in [1.807, 2.05) is 0 Å². The maximum absolute atomic E-state index is 3.63. The third-order valence-corrected chi connectivity index (χ3v) is 4.48. The molecule has 0 bridgehead atoms. The first-order chi connectivity index (χ1) is 9.00. The Balaban J connectivity index is 2.47. The van der Waals surface area contributed by atoms with Crippen LogP contribution >= 0.6 is 0 Å². The van der Waals surface area contributed by atoms with E-state index in [0.717, 1.165) is 13.1 Å². The first kappa shape index (κ1) is 16.9. The number of rotatable bonds is 8. The Morgan fingerprint density at radius 3 is 2.53 bits per heavy atom. The Labute approximate surface area is 120 Å². The lowest BCUT2D eigenvalue weighted by molar-refractivity contribution is 0.0660. The molecule has 0 aromatic heterocycles. The van der Waals surface area contributed by atoms with Gasteiger partial charge in [-0.2, -0.15) is 0 Å². The predicted molar refractivity (Wildman–Crippen MR) is 84.7 cm³/mol. The largest absolute Gasteiger partial charge is 0.316 e. The zero-order valence-corrected chi connectivity index (χ0v) is 13.8. The Morgan fingerprint density at radius 1 is 1.21 bits per heavy atom. The maximum atomic E-state index is 3.63. The summed E-state index contributed by atoms with van der Waals surface area (Å²) in [5.41, 5.74) is 0.430. The summed E-state index contributed by atoms with van der Waals surface area (Å²) in [4.78, 5) is 5.15. The molecule has 1 fully saturated rings. The van der Waals surface area contributed by atoms with Gasteiger partial charge in [0.25, 0.3) is 0 Å². The summed E-state index contributed by atoms with van der Waals surface area (Å²) >= 11 is 0. The van der Waals surface area contributed by atoms with Gasteiger partial charge in [-0.1, -0.05) is 27.2 Å². The van der Waals surface area contributed by atoms with Crippen molar-refractivity contribution in [3.63, 3.8) is 0 Å². The topological polar surface area (TPSA) is 18.5 Å². The number of hydrogen-bond donors (Lipinski definition) is 1.